The van der Waals surface area contributed by atoms with Crippen LogP contribution in [0.4, 0.5) is 0 Å². The van der Waals surface area contributed by atoms with Crippen molar-refractivity contribution in [2.24, 2.45) is 41.4 Å². The van der Waals surface area contributed by atoms with Crippen LogP contribution in [0.25, 0.3) is 0 Å². The van der Waals surface area contributed by atoms with Gasteiger partial charge < -0.3 is 10.1 Å². The molecule has 4 bridgehead atoms. The zero-order chi connectivity index (χ0) is 14.7. The largest absolute Gasteiger partial charge is 0.459 e. The Bertz CT molecular complexity index is 472. The molecule has 4 fully saturated rings. The highest BCUT2D eigenvalue weighted by molar-refractivity contribution is 5.87. The molecule has 0 spiro atoms. The van der Waals surface area contributed by atoms with Gasteiger partial charge in [-0.05, 0) is 87.6 Å². The van der Waals surface area contributed by atoms with E-state index in [0.29, 0.717) is 11.5 Å². The third-order valence-corrected chi connectivity index (χ3v) is 6.97. The molecule has 4 aliphatic rings. The fourth-order valence-electron chi connectivity index (χ4n) is 6.55. The van der Waals surface area contributed by atoms with Crippen LogP contribution in [0.5, 0.6) is 0 Å². The molecule has 0 heterocycles. The average Bonchev–Trinajstić information content (AvgIpc) is 3.14. The number of hydrogen-bond donors (Lipinski definition) is 1. The average molecular weight is 289 g/mol. The molecule has 4 rings (SSSR count). The lowest BCUT2D eigenvalue weighted by molar-refractivity contribution is -0.149. The fourth-order valence-corrected chi connectivity index (χ4v) is 6.55. The normalized spacial score (nSPS) is 49.4. The number of ether oxygens (including phenoxy) is 1. The number of carbonyl (C=O) groups is 1. The summed E-state index contributed by atoms with van der Waals surface area (Å²) in [5.74, 6) is 5.82. The molecule has 0 aromatic rings. The molecular formula is C18H27NO2. The van der Waals surface area contributed by atoms with Crippen LogP contribution in [0.3, 0.4) is 0 Å². The maximum atomic E-state index is 11.8. The highest BCUT2D eigenvalue weighted by Gasteiger charge is 2.65. The molecule has 3 nitrogen and oxygen atoms in total. The summed E-state index contributed by atoms with van der Waals surface area (Å²) in [6.45, 7) is 6.65. The van der Waals surface area contributed by atoms with Crippen molar-refractivity contribution in [3.05, 3.63) is 12.2 Å². The van der Waals surface area contributed by atoms with Crippen molar-refractivity contribution in [3.63, 3.8) is 0 Å². The number of fused-ring (bicyclic) bond motifs is 9. The molecule has 116 valence electrons. The van der Waals surface area contributed by atoms with Gasteiger partial charge in [-0.25, -0.2) is 4.79 Å². The maximum absolute atomic E-state index is 11.8. The minimum Gasteiger partial charge on any atom is -0.459 e. The number of rotatable bonds is 4. The third-order valence-electron chi connectivity index (χ3n) is 6.97. The van der Waals surface area contributed by atoms with Crippen molar-refractivity contribution in [3.8, 4) is 0 Å². The van der Waals surface area contributed by atoms with Gasteiger partial charge in [-0.3, -0.25) is 0 Å². The van der Waals surface area contributed by atoms with Crippen molar-refractivity contribution >= 4 is 5.97 Å². The summed E-state index contributed by atoms with van der Waals surface area (Å²) in [6.07, 6.45) is 5.44. The molecule has 4 saturated carbocycles. The van der Waals surface area contributed by atoms with Gasteiger partial charge in [0.1, 0.15) is 6.10 Å². The number of esters is 1. The SMILES string of the molecule is C=C(C)C(=O)OC1CC2CC1C1C3CC(CNC)C(C3)C21. The summed E-state index contributed by atoms with van der Waals surface area (Å²) in [4.78, 5) is 11.8. The Hall–Kier alpha value is -0.830. The summed E-state index contributed by atoms with van der Waals surface area (Å²) in [5.41, 5.74) is 0.538. The maximum Gasteiger partial charge on any atom is 0.333 e. The van der Waals surface area contributed by atoms with Gasteiger partial charge in [0.05, 0.1) is 0 Å². The first kappa shape index (κ1) is 13.8. The van der Waals surface area contributed by atoms with Crippen molar-refractivity contribution in [1.82, 2.24) is 5.32 Å². The number of hydrogen-bond acceptors (Lipinski definition) is 3. The summed E-state index contributed by atoms with van der Waals surface area (Å²) in [7, 11) is 2.08. The van der Waals surface area contributed by atoms with E-state index >= 15 is 0 Å². The van der Waals surface area contributed by atoms with Crippen LogP contribution in [0.15, 0.2) is 12.2 Å². The van der Waals surface area contributed by atoms with Crippen molar-refractivity contribution in [2.75, 3.05) is 13.6 Å². The molecule has 0 aromatic heterocycles. The van der Waals surface area contributed by atoms with Gasteiger partial charge in [0.25, 0.3) is 0 Å². The smallest absolute Gasteiger partial charge is 0.333 e. The molecule has 0 amide bonds. The molecule has 4 aliphatic carbocycles. The van der Waals surface area contributed by atoms with Crippen LogP contribution in [0.2, 0.25) is 0 Å². The Kier molecular flexibility index (Phi) is 3.18. The molecule has 0 aliphatic heterocycles. The fraction of sp³-hybridized carbons (Fsp3) is 0.833. The van der Waals surface area contributed by atoms with E-state index in [1.807, 2.05) is 0 Å². The van der Waals surface area contributed by atoms with Crippen LogP contribution < -0.4 is 5.32 Å². The Morgan fingerprint density at radius 3 is 2.52 bits per heavy atom. The molecule has 0 radical (unpaired) electrons. The van der Waals surface area contributed by atoms with Crippen molar-refractivity contribution in [1.29, 1.82) is 0 Å². The van der Waals surface area contributed by atoms with E-state index in [2.05, 4.69) is 18.9 Å². The molecule has 8 atom stereocenters. The van der Waals surface area contributed by atoms with Crippen molar-refractivity contribution in [2.45, 2.75) is 38.7 Å². The molecule has 1 N–H and O–H groups in total. The van der Waals surface area contributed by atoms with E-state index in [-0.39, 0.29) is 12.1 Å². The molecule has 21 heavy (non-hydrogen) atoms. The van der Waals surface area contributed by atoms with Gasteiger partial charge in [-0.15, -0.1) is 0 Å². The molecule has 0 saturated heterocycles. The Morgan fingerprint density at radius 2 is 1.81 bits per heavy atom. The third kappa shape index (κ3) is 1.93. The van der Waals surface area contributed by atoms with Crippen molar-refractivity contribution < 1.29 is 9.53 Å². The van der Waals surface area contributed by atoms with E-state index in [4.69, 9.17) is 4.74 Å². The van der Waals surface area contributed by atoms with Crippen LogP contribution in [-0.4, -0.2) is 25.7 Å². The van der Waals surface area contributed by atoms with Crippen LogP contribution in [0.1, 0.15) is 32.6 Å². The molecule has 8 unspecified atom stereocenters. The predicted octanol–water partition coefficient (Wildman–Crippen LogP) is 2.62. The quantitative estimate of drug-likeness (QED) is 0.491. The second-order valence-electron chi connectivity index (χ2n) is 7.99. The second kappa shape index (κ2) is 4.84. The Morgan fingerprint density at radius 1 is 1.14 bits per heavy atom. The van der Waals surface area contributed by atoms with E-state index in [1.54, 1.807) is 6.92 Å². The summed E-state index contributed by atoms with van der Waals surface area (Å²) in [5, 5.41) is 3.39. The first-order valence-electron chi connectivity index (χ1n) is 8.61. The summed E-state index contributed by atoms with van der Waals surface area (Å²) >= 11 is 0. The number of carbonyl (C=O) groups excluding carboxylic acids is 1. The predicted molar refractivity (Wildman–Crippen MR) is 81.5 cm³/mol. The zero-order valence-electron chi connectivity index (χ0n) is 13.2. The van der Waals surface area contributed by atoms with E-state index in [0.717, 1.165) is 41.9 Å². The van der Waals surface area contributed by atoms with E-state index in [9.17, 15) is 4.79 Å². The minimum absolute atomic E-state index is 0.180. The molecule has 3 heteroatoms. The molecular weight excluding hydrogens is 262 g/mol. The Labute approximate surface area is 127 Å². The van der Waals surface area contributed by atoms with Gasteiger partial charge in [0.15, 0.2) is 0 Å². The summed E-state index contributed by atoms with van der Waals surface area (Å²) < 4.78 is 5.75. The summed E-state index contributed by atoms with van der Waals surface area (Å²) in [6, 6.07) is 0. The van der Waals surface area contributed by atoms with E-state index < -0.39 is 0 Å². The molecule has 0 aromatic carbocycles. The lowest BCUT2D eigenvalue weighted by atomic mass is 9.67. The Balaban J connectivity index is 1.47. The first-order valence-corrected chi connectivity index (χ1v) is 8.61. The number of nitrogens with one attached hydrogen (secondary N) is 1. The zero-order valence-corrected chi connectivity index (χ0v) is 13.2. The standard InChI is InChI=1S/C18H27NO2/c1-9(2)18(20)21-15-7-11-6-14(15)17-10-4-12(8-19-3)13(5-10)16(11)17/h10-17,19H,1,4-8H2,2-3H3. The van der Waals surface area contributed by atoms with E-state index in [1.165, 1.54) is 25.8 Å². The monoisotopic (exact) mass is 289 g/mol. The highest BCUT2D eigenvalue weighted by atomic mass is 16.5. The lowest BCUT2D eigenvalue weighted by Gasteiger charge is -2.41. The first-order chi connectivity index (χ1) is 10.1. The van der Waals surface area contributed by atoms with Gasteiger partial charge in [-0.1, -0.05) is 6.58 Å². The second-order valence-corrected chi connectivity index (χ2v) is 7.99. The van der Waals surface area contributed by atoms with Crippen LogP contribution in [0, 0.1) is 41.4 Å². The van der Waals surface area contributed by atoms with Crippen LogP contribution >= 0.6 is 0 Å². The van der Waals surface area contributed by atoms with Crippen LogP contribution in [-0.2, 0) is 9.53 Å². The van der Waals surface area contributed by atoms with Gasteiger partial charge in [-0.2, -0.15) is 0 Å². The van der Waals surface area contributed by atoms with Gasteiger partial charge >= 0.3 is 5.97 Å². The topological polar surface area (TPSA) is 38.3 Å². The lowest BCUT2D eigenvalue weighted by Crippen LogP contribution is -2.41. The van der Waals surface area contributed by atoms with Gasteiger partial charge in [0, 0.05) is 5.57 Å². The van der Waals surface area contributed by atoms with Gasteiger partial charge in [0.2, 0.25) is 0 Å². The minimum atomic E-state index is -0.180. The highest BCUT2D eigenvalue weighted by Crippen LogP contribution is 2.69.